The topological polar surface area (TPSA) is 78.9 Å². The number of carbonyl (C=O) groups is 3. The van der Waals surface area contributed by atoms with E-state index in [9.17, 15) is 14.4 Å². The van der Waals surface area contributed by atoms with Crippen molar-refractivity contribution in [2.75, 3.05) is 13.2 Å². The largest absolute Gasteiger partial charge is 0.462 e. The van der Waals surface area contributed by atoms with Gasteiger partial charge in [-0.3, -0.25) is 14.4 Å². The monoisotopic (exact) mass is 913 g/mol. The van der Waals surface area contributed by atoms with E-state index in [1.165, 1.54) is 173 Å². The number of rotatable bonds is 52. The van der Waals surface area contributed by atoms with E-state index in [1.807, 2.05) is 0 Å². The van der Waals surface area contributed by atoms with E-state index in [1.54, 1.807) is 0 Å². The molecule has 6 nitrogen and oxygen atoms in total. The lowest BCUT2D eigenvalue weighted by Crippen LogP contribution is -2.30. The smallest absolute Gasteiger partial charge is 0.306 e. The predicted molar refractivity (Wildman–Crippen MR) is 279 cm³/mol. The second-order valence-corrected chi connectivity index (χ2v) is 19.2. The summed E-state index contributed by atoms with van der Waals surface area (Å²) in [5, 5.41) is 0. The number of esters is 3. The fourth-order valence-corrected chi connectivity index (χ4v) is 8.28. The van der Waals surface area contributed by atoms with Gasteiger partial charge in [0, 0.05) is 19.3 Å². The lowest BCUT2D eigenvalue weighted by molar-refractivity contribution is -0.167. The average molecular weight is 914 g/mol. The summed E-state index contributed by atoms with van der Waals surface area (Å²) >= 11 is 0. The van der Waals surface area contributed by atoms with Crippen molar-refractivity contribution >= 4 is 17.9 Å². The molecule has 6 heteroatoms. The molecule has 65 heavy (non-hydrogen) atoms. The summed E-state index contributed by atoms with van der Waals surface area (Å²) in [7, 11) is 0. The van der Waals surface area contributed by atoms with E-state index < -0.39 is 6.10 Å². The zero-order chi connectivity index (χ0) is 47.2. The highest BCUT2D eigenvalue weighted by Gasteiger charge is 2.19. The summed E-state index contributed by atoms with van der Waals surface area (Å²) < 4.78 is 16.8. The maximum absolute atomic E-state index is 12.8. The standard InChI is InChI=1S/C59H108O6/c1-4-7-10-13-16-19-22-24-26-27-28-29-30-31-33-35-38-40-43-46-49-52-58(61)64-55-56(65-59(62)53-50-47-44-41-36-21-18-15-12-9-6-3)54-63-57(60)51-48-45-42-39-37-34-32-25-23-20-17-14-11-8-5-2/h15,17-18,20,25,32,56H,4-14,16,19,21-24,26-31,33-55H2,1-3H3/b18-15-,20-17-,32-25-/t56-/m1/s1. The third kappa shape index (κ3) is 52.5. The fraction of sp³-hybridized carbons (Fsp3) is 0.847. The van der Waals surface area contributed by atoms with Crippen LogP contribution >= 0.6 is 0 Å². The molecule has 0 aliphatic carbocycles. The van der Waals surface area contributed by atoms with Crippen molar-refractivity contribution in [3.8, 4) is 0 Å². The van der Waals surface area contributed by atoms with Crippen molar-refractivity contribution in [2.24, 2.45) is 0 Å². The van der Waals surface area contributed by atoms with Crippen molar-refractivity contribution in [3.05, 3.63) is 36.5 Å². The van der Waals surface area contributed by atoms with Crippen LogP contribution in [0.3, 0.4) is 0 Å². The molecule has 0 spiro atoms. The summed E-state index contributed by atoms with van der Waals surface area (Å²) in [4.78, 5) is 38.0. The maximum atomic E-state index is 12.8. The van der Waals surface area contributed by atoms with Gasteiger partial charge in [-0.1, -0.05) is 250 Å². The molecule has 0 aliphatic rings. The first kappa shape index (κ1) is 62.6. The van der Waals surface area contributed by atoms with Gasteiger partial charge in [0.15, 0.2) is 6.10 Å². The molecule has 380 valence electrons. The lowest BCUT2D eigenvalue weighted by atomic mass is 10.0. The Morgan fingerprint density at radius 1 is 0.308 bits per heavy atom. The van der Waals surface area contributed by atoms with Crippen LogP contribution in [0.2, 0.25) is 0 Å². The van der Waals surface area contributed by atoms with Crippen LogP contribution in [0.25, 0.3) is 0 Å². The molecule has 0 saturated carbocycles. The highest BCUT2D eigenvalue weighted by atomic mass is 16.6. The summed E-state index contributed by atoms with van der Waals surface area (Å²) in [6.07, 6.45) is 64.3. The molecule has 0 aliphatic heterocycles. The molecular formula is C59H108O6. The Kier molecular flexibility index (Phi) is 52.3. The number of unbranched alkanes of at least 4 members (excludes halogenated alkanes) is 35. The molecule has 0 amide bonds. The number of allylic oxidation sites excluding steroid dienone is 6. The van der Waals surface area contributed by atoms with Gasteiger partial charge in [0.2, 0.25) is 0 Å². The molecule has 0 aromatic carbocycles. The summed E-state index contributed by atoms with van der Waals surface area (Å²) in [5.74, 6) is -0.887. The van der Waals surface area contributed by atoms with Gasteiger partial charge in [-0.05, 0) is 70.6 Å². The predicted octanol–water partition coefficient (Wildman–Crippen LogP) is 18.9. The van der Waals surface area contributed by atoms with Crippen molar-refractivity contribution < 1.29 is 28.6 Å². The van der Waals surface area contributed by atoms with Crippen LogP contribution < -0.4 is 0 Å². The third-order valence-electron chi connectivity index (χ3n) is 12.6. The number of hydrogen-bond acceptors (Lipinski definition) is 6. The van der Waals surface area contributed by atoms with E-state index in [4.69, 9.17) is 14.2 Å². The van der Waals surface area contributed by atoms with Gasteiger partial charge in [0.25, 0.3) is 0 Å². The first-order valence-corrected chi connectivity index (χ1v) is 28.5. The van der Waals surface area contributed by atoms with Crippen LogP contribution in [0.15, 0.2) is 36.5 Å². The molecule has 0 N–H and O–H groups in total. The minimum absolute atomic E-state index is 0.0768. The molecule has 0 aromatic heterocycles. The highest BCUT2D eigenvalue weighted by Crippen LogP contribution is 2.17. The average Bonchev–Trinajstić information content (AvgIpc) is 3.30. The summed E-state index contributed by atoms with van der Waals surface area (Å²) in [6.45, 7) is 6.59. The fourth-order valence-electron chi connectivity index (χ4n) is 8.28. The molecule has 0 unspecified atom stereocenters. The third-order valence-corrected chi connectivity index (χ3v) is 12.6. The number of hydrogen-bond donors (Lipinski definition) is 0. The zero-order valence-electron chi connectivity index (χ0n) is 43.5. The van der Waals surface area contributed by atoms with Gasteiger partial charge in [-0.25, -0.2) is 0 Å². The van der Waals surface area contributed by atoms with Gasteiger partial charge in [-0.2, -0.15) is 0 Å². The quantitative estimate of drug-likeness (QED) is 0.0262. The van der Waals surface area contributed by atoms with E-state index in [-0.39, 0.29) is 31.1 Å². The molecule has 1 atom stereocenters. The second kappa shape index (κ2) is 54.2. The minimum Gasteiger partial charge on any atom is -0.462 e. The number of carbonyl (C=O) groups excluding carboxylic acids is 3. The van der Waals surface area contributed by atoms with E-state index >= 15 is 0 Å². The number of ether oxygens (including phenoxy) is 3. The van der Waals surface area contributed by atoms with E-state index in [0.717, 1.165) is 89.9 Å². The first-order chi connectivity index (χ1) is 32.0. The first-order valence-electron chi connectivity index (χ1n) is 28.5. The highest BCUT2D eigenvalue weighted by molar-refractivity contribution is 5.71. The van der Waals surface area contributed by atoms with Gasteiger partial charge in [0.05, 0.1) is 0 Å². The van der Waals surface area contributed by atoms with Crippen molar-refractivity contribution in [3.63, 3.8) is 0 Å². The minimum atomic E-state index is -0.779. The van der Waals surface area contributed by atoms with Crippen molar-refractivity contribution in [2.45, 2.75) is 309 Å². The Bertz CT molecular complexity index is 1090. The lowest BCUT2D eigenvalue weighted by Gasteiger charge is -2.18. The van der Waals surface area contributed by atoms with Crippen LogP contribution in [-0.4, -0.2) is 37.2 Å². The molecule has 0 heterocycles. The van der Waals surface area contributed by atoms with E-state index in [0.29, 0.717) is 19.3 Å². The van der Waals surface area contributed by atoms with Crippen molar-refractivity contribution in [1.82, 2.24) is 0 Å². The molecule has 0 bridgehead atoms. The van der Waals surface area contributed by atoms with E-state index in [2.05, 4.69) is 57.2 Å². The SMILES string of the molecule is CCCC/C=C\CCCCCCCC(=O)O[C@H](COC(=O)CCCCCCC/C=C\C/C=C\CCCCC)COC(=O)CCCCCCCCCCCCCCCCCCCCCCC. The Hall–Kier alpha value is -2.37. The summed E-state index contributed by atoms with van der Waals surface area (Å²) in [6, 6.07) is 0. The normalized spacial score (nSPS) is 12.2. The molecule has 0 rings (SSSR count). The molecule has 0 fully saturated rings. The van der Waals surface area contributed by atoms with Gasteiger partial charge >= 0.3 is 17.9 Å². The molecule has 0 aromatic rings. The van der Waals surface area contributed by atoms with Crippen LogP contribution in [0.4, 0.5) is 0 Å². The zero-order valence-corrected chi connectivity index (χ0v) is 43.5. The van der Waals surface area contributed by atoms with Crippen LogP contribution in [0, 0.1) is 0 Å². The molecular weight excluding hydrogens is 805 g/mol. The second-order valence-electron chi connectivity index (χ2n) is 19.2. The Morgan fingerprint density at radius 2 is 0.569 bits per heavy atom. The van der Waals surface area contributed by atoms with Crippen LogP contribution in [0.5, 0.6) is 0 Å². The van der Waals surface area contributed by atoms with Crippen molar-refractivity contribution in [1.29, 1.82) is 0 Å². The van der Waals surface area contributed by atoms with Crippen LogP contribution in [0.1, 0.15) is 303 Å². The maximum Gasteiger partial charge on any atom is 0.306 e. The molecule has 0 saturated heterocycles. The van der Waals surface area contributed by atoms with Gasteiger partial charge < -0.3 is 14.2 Å². The van der Waals surface area contributed by atoms with Gasteiger partial charge in [0.1, 0.15) is 13.2 Å². The Morgan fingerprint density at radius 3 is 0.938 bits per heavy atom. The molecule has 0 radical (unpaired) electrons. The summed E-state index contributed by atoms with van der Waals surface area (Å²) in [5.41, 5.74) is 0. The Labute approximate surface area is 404 Å². The van der Waals surface area contributed by atoms with Gasteiger partial charge in [-0.15, -0.1) is 0 Å². The van der Waals surface area contributed by atoms with Crippen LogP contribution in [-0.2, 0) is 28.6 Å². The Balaban J connectivity index is 4.26.